The molecular weight excluding hydrogens is 216 g/mol. The van der Waals surface area contributed by atoms with Crippen LogP contribution >= 0.6 is 11.3 Å². The summed E-state index contributed by atoms with van der Waals surface area (Å²) in [5.41, 5.74) is 0. The Kier molecular flexibility index (Phi) is 2.35. The Morgan fingerprint density at radius 1 is 0.875 bits per heavy atom. The van der Waals surface area contributed by atoms with Crippen LogP contribution in [0.1, 0.15) is 0 Å². The van der Waals surface area contributed by atoms with Crippen LogP contribution in [0.5, 0.6) is 10.8 Å². The van der Waals surface area contributed by atoms with Crippen LogP contribution < -0.4 is 4.74 Å². The minimum absolute atomic E-state index is 0.812. The summed E-state index contributed by atoms with van der Waals surface area (Å²) < 4.78 is 6.93. The van der Waals surface area contributed by atoms with Crippen LogP contribution in [0.15, 0.2) is 54.6 Å². The van der Waals surface area contributed by atoms with Crippen molar-refractivity contribution in [2.24, 2.45) is 0 Å². The molecule has 0 N–H and O–H groups in total. The summed E-state index contributed by atoms with van der Waals surface area (Å²) in [6.07, 6.45) is 0. The lowest BCUT2D eigenvalue weighted by atomic mass is 10.3. The van der Waals surface area contributed by atoms with Crippen molar-refractivity contribution in [3.8, 4) is 10.8 Å². The maximum Gasteiger partial charge on any atom is 0.190 e. The highest BCUT2D eigenvalue weighted by Crippen LogP contribution is 2.33. The minimum atomic E-state index is 0.812. The third-order valence-electron chi connectivity index (χ3n) is 2.28. The Morgan fingerprint density at radius 3 is 2.44 bits per heavy atom. The van der Waals surface area contributed by atoms with Gasteiger partial charge >= 0.3 is 0 Å². The van der Waals surface area contributed by atoms with Gasteiger partial charge in [0, 0.05) is 16.2 Å². The zero-order valence-corrected chi connectivity index (χ0v) is 9.33. The lowest BCUT2D eigenvalue weighted by molar-refractivity contribution is 0.496. The number of hydrogen-bond acceptors (Lipinski definition) is 2. The summed E-state index contributed by atoms with van der Waals surface area (Å²) in [6.45, 7) is 0. The van der Waals surface area contributed by atoms with E-state index in [4.69, 9.17) is 4.74 Å². The van der Waals surface area contributed by atoms with Gasteiger partial charge in [0.2, 0.25) is 0 Å². The van der Waals surface area contributed by atoms with E-state index in [1.807, 2.05) is 48.5 Å². The van der Waals surface area contributed by atoms with Gasteiger partial charge in [-0.1, -0.05) is 47.7 Å². The van der Waals surface area contributed by atoms with E-state index in [0.717, 1.165) is 16.2 Å². The smallest absolute Gasteiger partial charge is 0.190 e. The summed E-state index contributed by atoms with van der Waals surface area (Å²) in [4.78, 5) is 0. The molecule has 0 bridgehead atoms. The minimum Gasteiger partial charge on any atom is -0.446 e. The predicted molar refractivity (Wildman–Crippen MR) is 67.2 cm³/mol. The number of hydrogen-bond donors (Lipinski definition) is 0. The standard InChI is InChI=1S/C14H9OS/c1-2-7-12(8-3-1)15-14-10-11-6-4-5-9-13(11)16-14/h1-9H. The summed E-state index contributed by atoms with van der Waals surface area (Å²) in [7, 11) is 0. The van der Waals surface area contributed by atoms with Crippen molar-refractivity contribution < 1.29 is 4.74 Å². The highest BCUT2D eigenvalue weighted by molar-refractivity contribution is 7.20. The second-order valence-electron chi connectivity index (χ2n) is 3.43. The molecule has 0 amide bonds. The fraction of sp³-hybridized carbons (Fsp3) is 0. The quantitative estimate of drug-likeness (QED) is 0.624. The average molecular weight is 225 g/mol. The van der Waals surface area contributed by atoms with E-state index in [9.17, 15) is 0 Å². The Labute approximate surface area is 97.9 Å². The summed E-state index contributed by atoms with van der Waals surface area (Å²) in [5, 5.41) is 1.92. The molecule has 0 atom stereocenters. The Hall–Kier alpha value is -1.80. The number of ether oxygens (including phenoxy) is 1. The van der Waals surface area contributed by atoms with Crippen molar-refractivity contribution in [3.63, 3.8) is 0 Å². The predicted octanol–water partition coefficient (Wildman–Crippen LogP) is 4.49. The van der Waals surface area contributed by atoms with Crippen molar-refractivity contribution in [1.82, 2.24) is 0 Å². The molecule has 0 fully saturated rings. The van der Waals surface area contributed by atoms with Crippen LogP contribution in [-0.2, 0) is 0 Å². The molecule has 0 aliphatic carbocycles. The molecule has 1 aromatic heterocycles. The highest BCUT2D eigenvalue weighted by atomic mass is 32.1. The first-order valence-electron chi connectivity index (χ1n) is 5.05. The molecule has 0 spiro atoms. The molecule has 0 unspecified atom stereocenters. The third kappa shape index (κ3) is 1.79. The summed E-state index contributed by atoms with van der Waals surface area (Å²) >= 11 is 1.61. The second-order valence-corrected chi connectivity index (χ2v) is 4.44. The third-order valence-corrected chi connectivity index (χ3v) is 3.23. The molecule has 0 aliphatic rings. The van der Waals surface area contributed by atoms with Crippen LogP contribution in [0, 0.1) is 6.07 Å². The monoisotopic (exact) mass is 225 g/mol. The molecule has 16 heavy (non-hydrogen) atoms. The molecule has 2 heteroatoms. The summed E-state index contributed by atoms with van der Waals surface area (Å²) in [5.74, 6) is 0.852. The van der Waals surface area contributed by atoms with Crippen molar-refractivity contribution in [1.29, 1.82) is 0 Å². The van der Waals surface area contributed by atoms with Gasteiger partial charge < -0.3 is 4.74 Å². The second kappa shape index (κ2) is 3.99. The Morgan fingerprint density at radius 2 is 1.62 bits per heavy atom. The lowest BCUT2D eigenvalue weighted by Gasteiger charge is -1.99. The van der Waals surface area contributed by atoms with Crippen LogP contribution in [-0.4, -0.2) is 0 Å². The van der Waals surface area contributed by atoms with Gasteiger partial charge in [-0.05, 0) is 18.2 Å². The molecule has 1 heterocycles. The average Bonchev–Trinajstić information content (AvgIpc) is 2.72. The van der Waals surface area contributed by atoms with E-state index in [1.165, 1.54) is 4.70 Å². The van der Waals surface area contributed by atoms with E-state index >= 15 is 0 Å². The normalized spacial score (nSPS) is 10.5. The Bertz CT molecular complexity index is 565. The summed E-state index contributed by atoms with van der Waals surface area (Å²) in [6, 6.07) is 21.2. The maximum atomic E-state index is 5.73. The maximum absolute atomic E-state index is 5.73. The van der Waals surface area contributed by atoms with Gasteiger partial charge in [0.1, 0.15) is 5.75 Å². The van der Waals surface area contributed by atoms with Crippen molar-refractivity contribution >= 4 is 21.4 Å². The van der Waals surface area contributed by atoms with Gasteiger partial charge in [0.15, 0.2) is 5.06 Å². The Balaban J connectivity index is 1.95. The number of thiophene rings is 1. The van der Waals surface area contributed by atoms with E-state index < -0.39 is 0 Å². The molecule has 1 nitrogen and oxygen atoms in total. The van der Waals surface area contributed by atoms with Crippen LogP contribution in [0.25, 0.3) is 10.1 Å². The molecule has 0 aliphatic heterocycles. The first kappa shape index (κ1) is 9.43. The molecule has 0 saturated heterocycles. The zero-order valence-electron chi connectivity index (χ0n) is 8.51. The van der Waals surface area contributed by atoms with Gasteiger partial charge in [-0.15, -0.1) is 0 Å². The number of rotatable bonds is 2. The van der Waals surface area contributed by atoms with Crippen LogP contribution in [0.4, 0.5) is 0 Å². The van der Waals surface area contributed by atoms with Crippen molar-refractivity contribution in [3.05, 3.63) is 60.7 Å². The molecular formula is C14H9OS. The first-order valence-corrected chi connectivity index (χ1v) is 5.87. The fourth-order valence-corrected chi connectivity index (χ4v) is 2.41. The van der Waals surface area contributed by atoms with Gasteiger partial charge in [-0.2, -0.15) is 0 Å². The number of benzene rings is 2. The fourth-order valence-electron chi connectivity index (χ4n) is 1.54. The van der Waals surface area contributed by atoms with Gasteiger partial charge in [0.25, 0.3) is 0 Å². The van der Waals surface area contributed by atoms with E-state index in [1.54, 1.807) is 11.3 Å². The molecule has 3 aromatic rings. The zero-order chi connectivity index (χ0) is 10.8. The first-order chi connectivity index (χ1) is 7.92. The number of para-hydroxylation sites is 1. The van der Waals surface area contributed by atoms with Crippen LogP contribution in [0.3, 0.4) is 0 Å². The molecule has 1 radical (unpaired) electrons. The molecule has 2 aromatic carbocycles. The molecule has 0 saturated carbocycles. The van der Waals surface area contributed by atoms with Gasteiger partial charge in [-0.25, -0.2) is 0 Å². The van der Waals surface area contributed by atoms with Gasteiger partial charge in [-0.3, -0.25) is 0 Å². The van der Waals surface area contributed by atoms with E-state index in [2.05, 4.69) is 12.1 Å². The van der Waals surface area contributed by atoms with E-state index in [0.29, 0.717) is 0 Å². The van der Waals surface area contributed by atoms with E-state index in [-0.39, 0.29) is 0 Å². The lowest BCUT2D eigenvalue weighted by Crippen LogP contribution is -1.78. The van der Waals surface area contributed by atoms with Crippen molar-refractivity contribution in [2.45, 2.75) is 0 Å². The largest absolute Gasteiger partial charge is 0.446 e. The molecule has 77 valence electrons. The topological polar surface area (TPSA) is 9.23 Å². The SMILES string of the molecule is [c]1c(Oc2ccccc2)sc2ccccc12. The number of fused-ring (bicyclic) bond motifs is 1. The van der Waals surface area contributed by atoms with Crippen molar-refractivity contribution in [2.75, 3.05) is 0 Å². The van der Waals surface area contributed by atoms with Gasteiger partial charge in [0.05, 0.1) is 0 Å². The van der Waals surface area contributed by atoms with Crippen LogP contribution in [0.2, 0.25) is 0 Å². The highest BCUT2D eigenvalue weighted by Gasteiger charge is 2.03. The molecule has 3 rings (SSSR count).